The standard InChI is InChI=1S/C46H33BN4OS.Pt/c1-28-12-9-13-29(2)44(28)50-37-23-21-32(46-49-36-16-5-6-19-41(36)53-46)26-34(37)47-35-27-33(52-42-20-7-8-25-48-42)22-24-38(35)51(40-18-11-17-39(50)43(40)47)45-30(3)14-10-15-31(45)4;/h5-25H,1-4H3;/q-2;+2. The number of nitrogens with zero attached hydrogens (tertiary/aromatic N) is 4. The van der Waals surface area contributed by atoms with Crippen LogP contribution in [0.3, 0.4) is 0 Å². The molecular weight excluding hydrogens is 862 g/mol. The number of rotatable bonds is 5. The molecule has 0 N–H and O–H groups in total. The van der Waals surface area contributed by atoms with Crippen LogP contribution in [0.15, 0.2) is 128 Å². The molecule has 0 unspecified atom stereocenters. The summed E-state index contributed by atoms with van der Waals surface area (Å²) in [7, 11) is 0. The molecule has 2 aliphatic rings. The molecule has 6 aromatic carbocycles. The van der Waals surface area contributed by atoms with Crippen LogP contribution in [0.2, 0.25) is 0 Å². The Labute approximate surface area is 334 Å². The fourth-order valence-electron chi connectivity index (χ4n) is 8.23. The summed E-state index contributed by atoms with van der Waals surface area (Å²) < 4.78 is 7.55. The number of thiazole rings is 1. The number of hydrogen-bond donors (Lipinski definition) is 0. The Balaban J connectivity index is 0.00000384. The van der Waals surface area contributed by atoms with Crippen molar-refractivity contribution in [1.82, 2.24) is 9.97 Å². The number of benzene rings is 6. The van der Waals surface area contributed by atoms with Crippen LogP contribution in [-0.2, 0) is 21.1 Å². The molecule has 2 aliphatic heterocycles. The molecule has 4 heterocycles. The second-order valence-corrected chi connectivity index (χ2v) is 14.9. The third kappa shape index (κ3) is 5.41. The van der Waals surface area contributed by atoms with Crippen LogP contribution < -0.4 is 30.9 Å². The van der Waals surface area contributed by atoms with E-state index in [1.54, 1.807) is 17.5 Å². The number of para-hydroxylation sites is 3. The average Bonchev–Trinajstić information content (AvgIpc) is 3.61. The summed E-state index contributed by atoms with van der Waals surface area (Å²) in [6, 6.07) is 50.3. The van der Waals surface area contributed by atoms with E-state index >= 15 is 0 Å². The Morgan fingerprint density at radius 3 is 1.81 bits per heavy atom. The summed E-state index contributed by atoms with van der Waals surface area (Å²) in [5.74, 6) is 1.15. The summed E-state index contributed by atoms with van der Waals surface area (Å²) >= 11 is 1.71. The molecule has 0 saturated heterocycles. The van der Waals surface area contributed by atoms with Gasteiger partial charge in [-0.25, -0.2) is 4.98 Å². The van der Waals surface area contributed by atoms with E-state index < -0.39 is 0 Å². The Morgan fingerprint density at radius 2 is 1.19 bits per heavy atom. The number of aromatic nitrogens is 2. The molecule has 10 rings (SSSR count). The molecule has 2 aromatic heterocycles. The zero-order chi connectivity index (χ0) is 35.8. The van der Waals surface area contributed by atoms with Gasteiger partial charge in [0.15, 0.2) is 0 Å². The molecule has 8 heteroatoms. The number of hydrogen-bond acceptors (Lipinski definition) is 6. The van der Waals surface area contributed by atoms with Crippen molar-refractivity contribution in [2.45, 2.75) is 27.7 Å². The van der Waals surface area contributed by atoms with E-state index in [0.717, 1.165) is 54.5 Å². The van der Waals surface area contributed by atoms with Gasteiger partial charge in [-0.05, 0) is 91.4 Å². The van der Waals surface area contributed by atoms with Gasteiger partial charge in [0.05, 0.1) is 5.52 Å². The quantitative estimate of drug-likeness (QED) is 0.127. The van der Waals surface area contributed by atoms with Gasteiger partial charge in [0.1, 0.15) is 0 Å². The molecule has 0 saturated carbocycles. The Morgan fingerprint density at radius 1 is 0.593 bits per heavy atom. The molecule has 0 spiro atoms. The third-order valence-corrected chi connectivity index (χ3v) is 11.5. The third-order valence-electron chi connectivity index (χ3n) is 10.5. The largest absolute Gasteiger partial charge is 2.00 e. The molecule has 54 heavy (non-hydrogen) atoms. The first-order valence-corrected chi connectivity index (χ1v) is 18.7. The fourth-order valence-corrected chi connectivity index (χ4v) is 9.17. The normalized spacial score (nSPS) is 12.6. The van der Waals surface area contributed by atoms with Crippen molar-refractivity contribution in [1.29, 1.82) is 0 Å². The smallest absolute Gasteiger partial charge is 0.466 e. The van der Waals surface area contributed by atoms with E-state index in [2.05, 4.69) is 146 Å². The molecule has 0 bridgehead atoms. The van der Waals surface area contributed by atoms with E-state index in [0.29, 0.717) is 11.6 Å². The summed E-state index contributed by atoms with van der Waals surface area (Å²) in [6.07, 6.45) is 1.75. The molecular formula is C46H33BN4OPtS. The summed E-state index contributed by atoms with van der Waals surface area (Å²) in [5, 5.41) is 0.955. The van der Waals surface area contributed by atoms with Crippen molar-refractivity contribution in [2.75, 3.05) is 9.80 Å². The fraction of sp³-hybridized carbons (Fsp3) is 0.0870. The van der Waals surface area contributed by atoms with Gasteiger partial charge in [0.25, 0.3) is 0 Å². The van der Waals surface area contributed by atoms with Crippen molar-refractivity contribution in [3.63, 3.8) is 0 Å². The van der Waals surface area contributed by atoms with E-state index in [1.165, 1.54) is 39.1 Å². The minimum atomic E-state index is -0.186. The van der Waals surface area contributed by atoms with E-state index in [1.807, 2.05) is 30.3 Å². The molecule has 5 nitrogen and oxygen atoms in total. The van der Waals surface area contributed by atoms with Crippen LogP contribution in [0.1, 0.15) is 22.3 Å². The first-order valence-electron chi connectivity index (χ1n) is 17.9. The molecule has 0 fully saturated rings. The first kappa shape index (κ1) is 34.3. The predicted molar refractivity (Wildman–Crippen MR) is 220 cm³/mol. The predicted octanol–water partition coefficient (Wildman–Crippen LogP) is 10.1. The Bertz CT molecular complexity index is 2660. The van der Waals surface area contributed by atoms with Gasteiger partial charge < -0.3 is 14.5 Å². The van der Waals surface area contributed by atoms with Crippen molar-refractivity contribution in [3.8, 4) is 22.2 Å². The average molecular weight is 896 g/mol. The number of pyridine rings is 1. The van der Waals surface area contributed by atoms with Gasteiger partial charge >= 0.3 is 21.1 Å². The number of fused-ring (bicyclic) bond motifs is 5. The van der Waals surface area contributed by atoms with Gasteiger partial charge in [0, 0.05) is 50.5 Å². The SMILES string of the molecule is Cc1cccc(C)c1N1c2ccc(Oc3ccccn3)[c-]c2B2c3[c-]c(-c4nc5ccccc5s4)ccc3N(c3c(C)cccc3C)c3cccc1c32.[Pt+2]. The molecule has 0 aliphatic carbocycles. The van der Waals surface area contributed by atoms with Crippen molar-refractivity contribution >= 4 is 78.8 Å². The van der Waals surface area contributed by atoms with Gasteiger partial charge in [-0.2, -0.15) is 16.8 Å². The van der Waals surface area contributed by atoms with E-state index in [4.69, 9.17) is 9.72 Å². The van der Waals surface area contributed by atoms with Gasteiger partial charge in [-0.15, -0.1) is 47.4 Å². The summed E-state index contributed by atoms with van der Waals surface area (Å²) in [5.41, 5.74) is 16.9. The molecule has 262 valence electrons. The van der Waals surface area contributed by atoms with Crippen LogP contribution in [0.25, 0.3) is 20.8 Å². The molecule has 0 amide bonds. The summed E-state index contributed by atoms with van der Waals surface area (Å²) in [6.45, 7) is 8.62. The van der Waals surface area contributed by atoms with Gasteiger partial charge in [0.2, 0.25) is 12.6 Å². The maximum atomic E-state index is 6.38. The zero-order valence-electron chi connectivity index (χ0n) is 30.1. The van der Waals surface area contributed by atoms with E-state index in [-0.39, 0.29) is 27.8 Å². The van der Waals surface area contributed by atoms with Crippen molar-refractivity contribution in [3.05, 3.63) is 162 Å². The van der Waals surface area contributed by atoms with Crippen molar-refractivity contribution in [2.24, 2.45) is 0 Å². The Hall–Kier alpha value is -5.49. The maximum Gasteiger partial charge on any atom is 2.00 e. The second-order valence-electron chi connectivity index (χ2n) is 13.8. The molecule has 0 atom stereocenters. The van der Waals surface area contributed by atoms with E-state index in [9.17, 15) is 0 Å². The van der Waals surface area contributed by atoms with Crippen LogP contribution in [-0.4, -0.2) is 16.7 Å². The van der Waals surface area contributed by atoms with Crippen molar-refractivity contribution < 1.29 is 25.8 Å². The number of aryl methyl sites for hydroxylation is 4. The molecule has 0 radical (unpaired) electrons. The minimum Gasteiger partial charge on any atom is -0.466 e. The second kappa shape index (κ2) is 13.4. The van der Waals surface area contributed by atoms with Crippen LogP contribution >= 0.6 is 11.3 Å². The van der Waals surface area contributed by atoms with Gasteiger partial charge in [-0.1, -0.05) is 66.4 Å². The first-order chi connectivity index (χ1) is 25.9. The monoisotopic (exact) mass is 895 g/mol. The molecule has 8 aromatic rings. The number of ether oxygens (including phenoxy) is 1. The summed E-state index contributed by atoms with van der Waals surface area (Å²) in [4.78, 5) is 14.4. The topological polar surface area (TPSA) is 41.5 Å². The van der Waals surface area contributed by atoms with Crippen LogP contribution in [0.5, 0.6) is 11.6 Å². The maximum absolute atomic E-state index is 6.38. The number of anilines is 6. The van der Waals surface area contributed by atoms with Gasteiger partial charge in [-0.3, -0.25) is 4.98 Å². The minimum absolute atomic E-state index is 0. The van der Waals surface area contributed by atoms with Crippen LogP contribution in [0, 0.1) is 39.8 Å². The Kier molecular flexibility index (Phi) is 8.52. The zero-order valence-corrected chi connectivity index (χ0v) is 33.2. The van der Waals surface area contributed by atoms with Crippen LogP contribution in [0.4, 0.5) is 34.1 Å².